The van der Waals surface area contributed by atoms with E-state index in [1.54, 1.807) is 6.08 Å². The van der Waals surface area contributed by atoms with Crippen molar-refractivity contribution in [3.8, 4) is 0 Å². The molecule has 296 valence electrons. The van der Waals surface area contributed by atoms with Crippen molar-refractivity contribution >= 4 is 5.91 Å². The number of carbonyl (C=O) groups is 1. The fourth-order valence-corrected chi connectivity index (χ4v) is 6.30. The van der Waals surface area contributed by atoms with Crippen molar-refractivity contribution in [3.05, 3.63) is 60.8 Å². The number of nitrogens with one attached hydrogen (secondary N) is 1. The molecule has 0 aromatic heterocycles. The SMILES string of the molecule is CCCCCCCC/C=C/CC/C=C/CC/C=C/C(O)C(CO)NC(=O)CCCCCCCCC/C=C\C/C=C\CCCCCCCCCCC. The van der Waals surface area contributed by atoms with Crippen LogP contribution in [0.15, 0.2) is 60.8 Å². The zero-order valence-corrected chi connectivity index (χ0v) is 33.9. The van der Waals surface area contributed by atoms with Crippen LogP contribution in [0.25, 0.3) is 0 Å². The molecule has 4 nitrogen and oxygen atoms in total. The lowest BCUT2D eigenvalue weighted by Gasteiger charge is -2.19. The summed E-state index contributed by atoms with van der Waals surface area (Å²) in [7, 11) is 0. The molecule has 0 radical (unpaired) electrons. The van der Waals surface area contributed by atoms with Crippen molar-refractivity contribution in [3.63, 3.8) is 0 Å². The number of hydrogen-bond donors (Lipinski definition) is 3. The van der Waals surface area contributed by atoms with Crippen molar-refractivity contribution < 1.29 is 15.0 Å². The molecule has 0 aliphatic carbocycles. The van der Waals surface area contributed by atoms with E-state index in [1.807, 2.05) is 6.08 Å². The smallest absolute Gasteiger partial charge is 0.220 e. The van der Waals surface area contributed by atoms with Crippen LogP contribution in [-0.2, 0) is 4.79 Å². The van der Waals surface area contributed by atoms with Crippen molar-refractivity contribution in [2.24, 2.45) is 0 Å². The standard InChI is InChI=1S/C47H85NO3/c1-3-5-7-9-11-13-15-17-19-21-22-23-24-25-26-27-29-31-33-35-37-39-41-43-47(51)48-45(44-49)46(50)42-40-38-36-34-32-30-28-20-18-16-14-12-10-8-6-4-2/h18,20,22-23,25-26,32,34,40,42,45-46,49-50H,3-17,19,21,24,27-31,33,35-39,41,43-44H2,1-2H3,(H,48,51)/b20-18+,23-22-,26-25-,34-32+,42-40+. The highest BCUT2D eigenvalue weighted by Gasteiger charge is 2.17. The van der Waals surface area contributed by atoms with Gasteiger partial charge in [0.2, 0.25) is 5.91 Å². The molecule has 0 spiro atoms. The molecule has 0 aromatic rings. The van der Waals surface area contributed by atoms with Crippen LogP contribution in [0.1, 0.15) is 213 Å². The molecule has 2 unspecified atom stereocenters. The zero-order chi connectivity index (χ0) is 37.1. The Morgan fingerprint density at radius 1 is 0.471 bits per heavy atom. The quantitative estimate of drug-likeness (QED) is 0.0439. The molecule has 0 aromatic carbocycles. The Balaban J connectivity index is 3.66. The molecule has 0 fully saturated rings. The average molecular weight is 712 g/mol. The molecule has 3 N–H and O–H groups in total. The number of allylic oxidation sites excluding steroid dienone is 9. The van der Waals surface area contributed by atoms with Crippen LogP contribution in [0.4, 0.5) is 0 Å². The second-order valence-electron chi connectivity index (χ2n) is 14.7. The fraction of sp³-hybridized carbons (Fsp3) is 0.766. The summed E-state index contributed by atoms with van der Waals surface area (Å²) in [6.45, 7) is 4.27. The van der Waals surface area contributed by atoms with Gasteiger partial charge >= 0.3 is 0 Å². The van der Waals surface area contributed by atoms with E-state index in [9.17, 15) is 15.0 Å². The van der Waals surface area contributed by atoms with Gasteiger partial charge in [0, 0.05) is 6.42 Å². The van der Waals surface area contributed by atoms with Crippen LogP contribution in [0.5, 0.6) is 0 Å². The number of aliphatic hydroxyl groups is 2. The molecule has 4 heteroatoms. The van der Waals surface area contributed by atoms with Crippen molar-refractivity contribution in [2.75, 3.05) is 6.61 Å². The first-order chi connectivity index (χ1) is 25.2. The third-order valence-corrected chi connectivity index (χ3v) is 9.70. The first-order valence-electron chi connectivity index (χ1n) is 22.0. The first kappa shape index (κ1) is 49.1. The van der Waals surface area contributed by atoms with E-state index in [2.05, 4.69) is 67.8 Å². The number of rotatable bonds is 39. The van der Waals surface area contributed by atoms with Gasteiger partial charge < -0.3 is 15.5 Å². The summed E-state index contributed by atoms with van der Waals surface area (Å²) in [6, 6.07) is -0.651. The third kappa shape index (κ3) is 39.1. The molecule has 0 aliphatic heterocycles. The Morgan fingerprint density at radius 2 is 0.824 bits per heavy atom. The summed E-state index contributed by atoms with van der Waals surface area (Å²) in [5.74, 6) is -0.0874. The average Bonchev–Trinajstić information content (AvgIpc) is 3.13. The highest BCUT2D eigenvalue weighted by atomic mass is 16.3. The molecule has 1 amide bonds. The van der Waals surface area contributed by atoms with Gasteiger partial charge in [0.25, 0.3) is 0 Å². The third-order valence-electron chi connectivity index (χ3n) is 9.70. The van der Waals surface area contributed by atoms with E-state index in [0.29, 0.717) is 6.42 Å². The summed E-state index contributed by atoms with van der Waals surface area (Å²) in [5, 5.41) is 23.0. The van der Waals surface area contributed by atoms with Crippen LogP contribution in [0.3, 0.4) is 0 Å². The van der Waals surface area contributed by atoms with Gasteiger partial charge in [-0.3, -0.25) is 4.79 Å². The second kappa shape index (κ2) is 42.5. The molecule has 0 saturated heterocycles. The summed E-state index contributed by atoms with van der Waals surface area (Å²) in [4.78, 5) is 12.4. The van der Waals surface area contributed by atoms with E-state index in [1.165, 1.54) is 141 Å². The lowest BCUT2D eigenvalue weighted by molar-refractivity contribution is -0.123. The number of amides is 1. The van der Waals surface area contributed by atoms with Crippen LogP contribution in [-0.4, -0.2) is 34.9 Å². The number of carbonyl (C=O) groups excluding carboxylic acids is 1. The van der Waals surface area contributed by atoms with Gasteiger partial charge in [0.05, 0.1) is 18.8 Å². The molecule has 51 heavy (non-hydrogen) atoms. The van der Waals surface area contributed by atoms with Crippen molar-refractivity contribution in [1.82, 2.24) is 5.32 Å². The molecule has 2 atom stereocenters. The Labute approximate surface area is 317 Å². The van der Waals surface area contributed by atoms with Gasteiger partial charge in [-0.2, -0.15) is 0 Å². The molecule has 0 rings (SSSR count). The monoisotopic (exact) mass is 712 g/mol. The van der Waals surface area contributed by atoms with E-state index >= 15 is 0 Å². The predicted molar refractivity (Wildman–Crippen MR) is 225 cm³/mol. The highest BCUT2D eigenvalue weighted by molar-refractivity contribution is 5.76. The number of hydrogen-bond acceptors (Lipinski definition) is 3. The maximum atomic E-state index is 12.4. The Bertz CT molecular complexity index is 858. The summed E-state index contributed by atoms with van der Waals surface area (Å²) >= 11 is 0. The first-order valence-corrected chi connectivity index (χ1v) is 22.0. The van der Waals surface area contributed by atoms with Crippen LogP contribution in [0, 0.1) is 0 Å². The maximum absolute atomic E-state index is 12.4. The topological polar surface area (TPSA) is 69.6 Å². The molecule has 0 saturated carbocycles. The van der Waals surface area contributed by atoms with E-state index < -0.39 is 12.1 Å². The summed E-state index contributed by atoms with van der Waals surface area (Å²) < 4.78 is 0. The van der Waals surface area contributed by atoms with Gasteiger partial charge in [-0.15, -0.1) is 0 Å². The fourth-order valence-electron chi connectivity index (χ4n) is 6.30. The van der Waals surface area contributed by atoms with Crippen LogP contribution >= 0.6 is 0 Å². The van der Waals surface area contributed by atoms with Crippen LogP contribution < -0.4 is 5.32 Å². The Kier molecular flexibility index (Phi) is 40.9. The predicted octanol–water partition coefficient (Wildman–Crippen LogP) is 13.7. The van der Waals surface area contributed by atoms with Gasteiger partial charge in [0.15, 0.2) is 0 Å². The minimum Gasteiger partial charge on any atom is -0.394 e. The lowest BCUT2D eigenvalue weighted by Crippen LogP contribution is -2.45. The normalized spacial score (nSPS) is 13.6. The van der Waals surface area contributed by atoms with Gasteiger partial charge in [0.1, 0.15) is 0 Å². The largest absolute Gasteiger partial charge is 0.394 e. The van der Waals surface area contributed by atoms with E-state index in [4.69, 9.17) is 0 Å². The molecular formula is C47H85NO3. The number of unbranched alkanes of at least 4 members (excludes halogenated alkanes) is 24. The summed E-state index contributed by atoms with van der Waals surface area (Å²) in [6.07, 6.45) is 59.0. The van der Waals surface area contributed by atoms with E-state index in [-0.39, 0.29) is 12.5 Å². The second-order valence-corrected chi connectivity index (χ2v) is 14.7. The van der Waals surface area contributed by atoms with Crippen molar-refractivity contribution in [2.45, 2.75) is 225 Å². The minimum absolute atomic E-state index is 0.0874. The Hall–Kier alpha value is -1.91. The van der Waals surface area contributed by atoms with Gasteiger partial charge in [-0.1, -0.05) is 190 Å². The minimum atomic E-state index is -0.875. The van der Waals surface area contributed by atoms with Crippen LogP contribution in [0.2, 0.25) is 0 Å². The molecule has 0 aliphatic rings. The number of aliphatic hydroxyl groups excluding tert-OH is 2. The van der Waals surface area contributed by atoms with Gasteiger partial charge in [-0.05, 0) is 77.0 Å². The molecule has 0 bridgehead atoms. The molecule has 0 heterocycles. The summed E-state index contributed by atoms with van der Waals surface area (Å²) in [5.41, 5.74) is 0. The van der Waals surface area contributed by atoms with Crippen molar-refractivity contribution in [1.29, 1.82) is 0 Å². The Morgan fingerprint density at radius 3 is 1.25 bits per heavy atom. The molecular weight excluding hydrogens is 627 g/mol. The van der Waals surface area contributed by atoms with E-state index in [0.717, 1.165) is 51.4 Å². The highest BCUT2D eigenvalue weighted by Crippen LogP contribution is 2.13. The maximum Gasteiger partial charge on any atom is 0.220 e. The van der Waals surface area contributed by atoms with Gasteiger partial charge in [-0.25, -0.2) is 0 Å². The lowest BCUT2D eigenvalue weighted by atomic mass is 10.1. The zero-order valence-electron chi connectivity index (χ0n) is 33.9.